The van der Waals surface area contributed by atoms with Gasteiger partial charge in [-0.1, -0.05) is 0 Å². The Bertz CT molecular complexity index is 967. The average Bonchev–Trinajstić information content (AvgIpc) is 3.06. The van der Waals surface area contributed by atoms with Gasteiger partial charge < -0.3 is 9.72 Å². The molecule has 144 valence electrons. The molecule has 0 bridgehead atoms. The van der Waals surface area contributed by atoms with Crippen molar-refractivity contribution in [3.05, 3.63) is 33.6 Å². The largest absolute Gasteiger partial charge is 0.414 e. The molecular weight excluding hydrogens is 363 g/mol. The maximum absolute atomic E-state index is 13.2. The third-order valence-corrected chi connectivity index (χ3v) is 4.85. The zero-order valence-electron chi connectivity index (χ0n) is 14.4. The maximum atomic E-state index is 13.2. The average molecular weight is 381 g/mol. The lowest BCUT2D eigenvalue weighted by molar-refractivity contribution is -0.0950. The van der Waals surface area contributed by atoms with Gasteiger partial charge in [0.15, 0.2) is 5.65 Å². The Labute approximate surface area is 152 Å². The molecule has 27 heavy (non-hydrogen) atoms. The third kappa shape index (κ3) is 3.53. The van der Waals surface area contributed by atoms with Gasteiger partial charge in [0.05, 0.1) is 23.5 Å². The molecule has 2 aliphatic heterocycles. The van der Waals surface area contributed by atoms with E-state index < -0.39 is 17.3 Å². The minimum atomic E-state index is -4.44. The molecule has 4 rings (SSSR count). The Morgan fingerprint density at radius 2 is 2.07 bits per heavy atom. The van der Waals surface area contributed by atoms with Crippen LogP contribution in [0.1, 0.15) is 37.5 Å². The van der Waals surface area contributed by atoms with Crippen LogP contribution in [0.25, 0.3) is 11.0 Å². The molecule has 1 N–H and O–H groups in total. The molecule has 0 unspecified atom stereocenters. The van der Waals surface area contributed by atoms with Crippen molar-refractivity contribution in [1.29, 1.82) is 0 Å². The molecule has 2 aromatic heterocycles. The lowest BCUT2D eigenvalue weighted by Gasteiger charge is -2.22. The van der Waals surface area contributed by atoms with Crippen LogP contribution in [-0.2, 0) is 11.2 Å². The van der Waals surface area contributed by atoms with Crippen LogP contribution >= 0.6 is 0 Å². The van der Waals surface area contributed by atoms with Crippen molar-refractivity contribution in [2.45, 2.75) is 44.3 Å². The molecule has 0 spiro atoms. The van der Waals surface area contributed by atoms with Crippen molar-refractivity contribution in [3.8, 4) is 0 Å². The lowest BCUT2D eigenvalue weighted by atomic mass is 10.0. The number of aromatic amines is 1. The topological polar surface area (TPSA) is 85.2 Å². The van der Waals surface area contributed by atoms with E-state index in [2.05, 4.69) is 20.1 Å². The van der Waals surface area contributed by atoms with Gasteiger partial charge in [-0.05, 0) is 25.7 Å². The molecule has 2 aliphatic rings. The van der Waals surface area contributed by atoms with Crippen molar-refractivity contribution in [1.82, 2.24) is 19.7 Å². The summed E-state index contributed by atoms with van der Waals surface area (Å²) in [4.78, 5) is 23.3. The van der Waals surface area contributed by atoms with Crippen LogP contribution in [0, 0.1) is 0 Å². The molecule has 4 heterocycles. The molecular formula is C17H18F3N5O2. The minimum absolute atomic E-state index is 0.0519. The maximum Gasteiger partial charge on any atom is 0.414 e. The first-order valence-electron chi connectivity index (χ1n) is 8.79. The Kier molecular flexibility index (Phi) is 4.58. The molecule has 2 aromatic rings. The third-order valence-electron chi connectivity index (χ3n) is 4.85. The highest BCUT2D eigenvalue weighted by Gasteiger charge is 2.36. The molecule has 7 nitrogen and oxygen atoms in total. The van der Waals surface area contributed by atoms with Gasteiger partial charge in [0.1, 0.15) is 11.2 Å². The summed E-state index contributed by atoms with van der Waals surface area (Å²) in [5.41, 5.74) is -0.795. The molecule has 0 radical (unpaired) electrons. The number of rotatable bonds is 3. The quantitative estimate of drug-likeness (QED) is 0.886. The number of hydrogen-bond acceptors (Lipinski definition) is 5. The van der Waals surface area contributed by atoms with E-state index in [4.69, 9.17) is 4.74 Å². The first-order chi connectivity index (χ1) is 12.9. The number of nitrogens with zero attached hydrogens (tertiary/aromatic N) is 4. The highest BCUT2D eigenvalue weighted by Crippen LogP contribution is 2.34. The van der Waals surface area contributed by atoms with Gasteiger partial charge in [0.2, 0.25) is 0 Å². The fourth-order valence-corrected chi connectivity index (χ4v) is 3.48. The monoisotopic (exact) mass is 381 g/mol. The Morgan fingerprint density at radius 1 is 1.30 bits per heavy atom. The van der Waals surface area contributed by atoms with Crippen LogP contribution in [0.3, 0.4) is 0 Å². The van der Waals surface area contributed by atoms with Gasteiger partial charge in [-0.3, -0.25) is 9.79 Å². The molecule has 1 fully saturated rings. The van der Waals surface area contributed by atoms with Gasteiger partial charge in [0, 0.05) is 25.8 Å². The van der Waals surface area contributed by atoms with Gasteiger partial charge in [-0.15, -0.1) is 0 Å². The fourth-order valence-electron chi connectivity index (χ4n) is 3.48. The standard InChI is InChI=1S/C17H18F3N5O2/c18-17(19,20)12-2-1-5-21-13(12)8-14-23-15-11(16(26)24-14)9-22-25(15)10-3-6-27-7-4-10/h5,9-10H,1-4,6-8H2,(H,23,24,26). The number of H-pyrrole nitrogens is 1. The van der Waals surface area contributed by atoms with Crippen molar-refractivity contribution in [2.24, 2.45) is 4.99 Å². The van der Waals surface area contributed by atoms with Gasteiger partial charge in [0.25, 0.3) is 5.56 Å². The number of aliphatic imine (C=N–C) groups is 1. The zero-order valence-corrected chi connectivity index (χ0v) is 14.4. The highest BCUT2D eigenvalue weighted by molar-refractivity contribution is 5.73. The molecule has 0 saturated carbocycles. The van der Waals surface area contributed by atoms with Crippen LogP contribution in [0.15, 0.2) is 27.3 Å². The Hall–Kier alpha value is -2.49. The molecule has 0 aromatic carbocycles. The number of aromatic nitrogens is 4. The summed E-state index contributed by atoms with van der Waals surface area (Å²) in [5, 5.41) is 4.60. The van der Waals surface area contributed by atoms with Crippen molar-refractivity contribution >= 4 is 17.2 Å². The van der Waals surface area contributed by atoms with E-state index in [1.165, 1.54) is 12.4 Å². The van der Waals surface area contributed by atoms with E-state index in [-0.39, 0.29) is 36.8 Å². The van der Waals surface area contributed by atoms with Crippen molar-refractivity contribution < 1.29 is 17.9 Å². The molecule has 0 aliphatic carbocycles. The first-order valence-corrected chi connectivity index (χ1v) is 8.79. The van der Waals surface area contributed by atoms with E-state index in [0.717, 1.165) is 12.8 Å². The highest BCUT2D eigenvalue weighted by atomic mass is 19.4. The van der Waals surface area contributed by atoms with Gasteiger partial charge in [-0.25, -0.2) is 9.67 Å². The second-order valence-electron chi connectivity index (χ2n) is 6.63. The molecule has 0 atom stereocenters. The fraction of sp³-hybridized carbons (Fsp3) is 0.529. The summed E-state index contributed by atoms with van der Waals surface area (Å²) in [5.74, 6) is 0.150. The molecule has 10 heteroatoms. The van der Waals surface area contributed by atoms with Crippen LogP contribution in [-0.4, -0.2) is 45.4 Å². The SMILES string of the molecule is O=c1[nH]c(CC2=C(C(F)(F)F)CCC=N2)nc2c1cnn2C1CCOCC1. The van der Waals surface area contributed by atoms with Crippen LogP contribution < -0.4 is 5.56 Å². The van der Waals surface area contributed by atoms with E-state index in [1.807, 2.05) is 0 Å². The lowest BCUT2D eigenvalue weighted by Crippen LogP contribution is -2.22. The number of fused-ring (bicyclic) bond motifs is 1. The van der Waals surface area contributed by atoms with E-state index in [0.29, 0.717) is 24.2 Å². The number of nitrogens with one attached hydrogen (secondary N) is 1. The van der Waals surface area contributed by atoms with Crippen molar-refractivity contribution in [3.63, 3.8) is 0 Å². The normalized spacial score (nSPS) is 19.2. The van der Waals surface area contributed by atoms with Crippen molar-refractivity contribution in [2.75, 3.05) is 13.2 Å². The zero-order chi connectivity index (χ0) is 19.0. The summed E-state index contributed by atoms with van der Waals surface area (Å²) in [6, 6.07) is 0.0519. The predicted molar refractivity (Wildman–Crippen MR) is 91.7 cm³/mol. The summed E-state index contributed by atoms with van der Waals surface area (Å²) in [6.07, 6.45) is -0.0981. The number of halogens is 3. The second kappa shape index (κ2) is 6.91. The number of hydrogen-bond donors (Lipinski definition) is 1. The van der Waals surface area contributed by atoms with Gasteiger partial charge >= 0.3 is 6.18 Å². The van der Waals surface area contributed by atoms with Gasteiger partial charge in [-0.2, -0.15) is 18.3 Å². The van der Waals surface area contributed by atoms with E-state index in [9.17, 15) is 18.0 Å². The Balaban J connectivity index is 1.73. The number of ether oxygens (including phenoxy) is 1. The number of alkyl halides is 3. The van der Waals surface area contributed by atoms with Crippen LogP contribution in [0.5, 0.6) is 0 Å². The van der Waals surface area contributed by atoms with Crippen LogP contribution in [0.2, 0.25) is 0 Å². The summed E-state index contributed by atoms with van der Waals surface area (Å²) in [7, 11) is 0. The molecule has 0 amide bonds. The predicted octanol–water partition coefficient (Wildman–Crippen LogP) is 2.69. The second-order valence-corrected chi connectivity index (χ2v) is 6.63. The van der Waals surface area contributed by atoms with Crippen LogP contribution in [0.4, 0.5) is 13.2 Å². The van der Waals surface area contributed by atoms with E-state index >= 15 is 0 Å². The first kappa shape index (κ1) is 17.9. The minimum Gasteiger partial charge on any atom is -0.381 e. The smallest absolute Gasteiger partial charge is 0.381 e. The number of allylic oxidation sites excluding steroid dienone is 2. The molecule has 1 saturated heterocycles. The van der Waals surface area contributed by atoms with E-state index in [1.54, 1.807) is 4.68 Å². The summed E-state index contributed by atoms with van der Waals surface area (Å²) < 4.78 is 46.7. The summed E-state index contributed by atoms with van der Waals surface area (Å²) >= 11 is 0. The summed E-state index contributed by atoms with van der Waals surface area (Å²) in [6.45, 7) is 1.19. The Morgan fingerprint density at radius 3 is 2.81 bits per heavy atom.